The monoisotopic (exact) mass is 277 g/mol. The third kappa shape index (κ3) is 2.03. The molecule has 0 atom stereocenters. The largest absolute Gasteiger partial charge is 0.496 e. The Bertz CT molecular complexity index is 546. The molecule has 1 aromatic carbocycles. The lowest BCUT2D eigenvalue weighted by molar-refractivity contribution is 0.367. The zero-order valence-corrected chi connectivity index (χ0v) is 11.6. The predicted octanol–water partition coefficient (Wildman–Crippen LogP) is 3.24. The van der Waals surface area contributed by atoms with Crippen LogP contribution in [0.5, 0.6) is 11.5 Å². The molecule has 0 N–H and O–H groups in total. The third-order valence-corrected chi connectivity index (χ3v) is 4.75. The first-order chi connectivity index (χ1) is 9.29. The fourth-order valence-corrected chi connectivity index (χ4v) is 3.71. The highest BCUT2D eigenvalue weighted by Crippen LogP contribution is 2.50. The second kappa shape index (κ2) is 4.91. The Morgan fingerprint density at radius 2 is 2.21 bits per heavy atom. The SMILES string of the molecule is COc1cc2c(cc1C1(N=C=O)CCCC1)OCS2. The topological polar surface area (TPSA) is 47.9 Å². The molecule has 100 valence electrons. The maximum Gasteiger partial charge on any atom is 0.235 e. The van der Waals surface area contributed by atoms with Crippen molar-refractivity contribution in [3.63, 3.8) is 0 Å². The van der Waals surface area contributed by atoms with Crippen LogP contribution in [-0.4, -0.2) is 19.1 Å². The molecule has 0 aromatic heterocycles. The Morgan fingerprint density at radius 3 is 2.89 bits per heavy atom. The number of methoxy groups -OCH3 is 1. The van der Waals surface area contributed by atoms with Crippen LogP contribution in [0.2, 0.25) is 0 Å². The molecule has 1 fully saturated rings. The molecule has 0 saturated heterocycles. The van der Waals surface area contributed by atoms with Gasteiger partial charge in [-0.15, -0.1) is 0 Å². The number of isocyanates is 1. The van der Waals surface area contributed by atoms with E-state index in [1.165, 1.54) is 0 Å². The van der Waals surface area contributed by atoms with Crippen molar-refractivity contribution in [1.29, 1.82) is 0 Å². The molecule has 1 aliphatic carbocycles. The Labute approximate surface area is 116 Å². The van der Waals surface area contributed by atoms with Gasteiger partial charge in [-0.3, -0.25) is 0 Å². The lowest BCUT2D eigenvalue weighted by Crippen LogP contribution is -2.20. The fourth-order valence-electron chi connectivity index (χ4n) is 2.94. The van der Waals surface area contributed by atoms with E-state index in [4.69, 9.17) is 9.47 Å². The van der Waals surface area contributed by atoms with Gasteiger partial charge in [-0.1, -0.05) is 24.6 Å². The summed E-state index contributed by atoms with van der Waals surface area (Å²) in [6, 6.07) is 3.98. The van der Waals surface area contributed by atoms with Gasteiger partial charge in [0.15, 0.2) is 0 Å². The summed E-state index contributed by atoms with van der Waals surface area (Å²) >= 11 is 1.65. The molecule has 4 nitrogen and oxygen atoms in total. The number of carbonyl (C=O) groups excluding carboxylic acids is 1. The molecule has 19 heavy (non-hydrogen) atoms. The zero-order chi connectivity index (χ0) is 13.3. The van der Waals surface area contributed by atoms with E-state index in [2.05, 4.69) is 4.99 Å². The highest BCUT2D eigenvalue weighted by Gasteiger charge is 2.39. The number of nitrogens with zero attached hydrogens (tertiary/aromatic N) is 1. The summed E-state index contributed by atoms with van der Waals surface area (Å²) in [7, 11) is 1.65. The van der Waals surface area contributed by atoms with Crippen LogP contribution in [-0.2, 0) is 10.3 Å². The van der Waals surface area contributed by atoms with Crippen LogP contribution in [0.4, 0.5) is 0 Å². The van der Waals surface area contributed by atoms with Crippen molar-refractivity contribution in [1.82, 2.24) is 0 Å². The Hall–Kier alpha value is -1.45. The van der Waals surface area contributed by atoms with Gasteiger partial charge < -0.3 is 9.47 Å². The van der Waals surface area contributed by atoms with E-state index in [-0.39, 0.29) is 0 Å². The van der Waals surface area contributed by atoms with Crippen molar-refractivity contribution >= 4 is 17.8 Å². The molecule has 0 bridgehead atoms. The van der Waals surface area contributed by atoms with Crippen molar-refractivity contribution in [2.45, 2.75) is 36.1 Å². The Balaban J connectivity index is 2.15. The maximum atomic E-state index is 10.8. The summed E-state index contributed by atoms with van der Waals surface area (Å²) in [5.41, 5.74) is 0.482. The molecule has 3 rings (SSSR count). The first kappa shape index (κ1) is 12.6. The maximum absolute atomic E-state index is 10.8. The van der Waals surface area contributed by atoms with Crippen LogP contribution in [0.3, 0.4) is 0 Å². The quantitative estimate of drug-likeness (QED) is 0.628. The lowest BCUT2D eigenvalue weighted by Gasteiger charge is -2.25. The molecule has 2 aliphatic rings. The number of benzene rings is 1. The first-order valence-electron chi connectivity index (χ1n) is 6.36. The van der Waals surface area contributed by atoms with E-state index in [1.807, 2.05) is 12.1 Å². The molecule has 1 aliphatic heterocycles. The summed E-state index contributed by atoms with van der Waals surface area (Å²) in [4.78, 5) is 16.0. The Morgan fingerprint density at radius 1 is 1.42 bits per heavy atom. The highest BCUT2D eigenvalue weighted by molar-refractivity contribution is 7.99. The van der Waals surface area contributed by atoms with Crippen molar-refractivity contribution in [3.8, 4) is 11.5 Å². The van der Waals surface area contributed by atoms with Gasteiger partial charge in [0, 0.05) is 5.56 Å². The molecule has 0 radical (unpaired) electrons. The van der Waals surface area contributed by atoms with Gasteiger partial charge in [-0.2, -0.15) is 4.99 Å². The summed E-state index contributed by atoms with van der Waals surface area (Å²) in [6.07, 6.45) is 5.61. The summed E-state index contributed by atoms with van der Waals surface area (Å²) < 4.78 is 11.1. The van der Waals surface area contributed by atoms with E-state index in [0.29, 0.717) is 5.94 Å². The van der Waals surface area contributed by atoms with Crippen molar-refractivity contribution in [2.24, 2.45) is 4.99 Å². The average molecular weight is 277 g/mol. The lowest BCUT2D eigenvalue weighted by atomic mass is 9.88. The molecule has 1 saturated carbocycles. The molecule has 0 amide bonds. The number of aliphatic imine (C=N–C) groups is 1. The summed E-state index contributed by atoms with van der Waals surface area (Å²) in [5, 5.41) is 0. The number of fused-ring (bicyclic) bond motifs is 1. The van der Waals surface area contributed by atoms with E-state index >= 15 is 0 Å². The molecule has 1 heterocycles. The minimum Gasteiger partial charge on any atom is -0.496 e. The second-order valence-corrected chi connectivity index (χ2v) is 5.81. The highest BCUT2D eigenvalue weighted by atomic mass is 32.2. The molecule has 1 aromatic rings. The van der Waals surface area contributed by atoms with E-state index in [9.17, 15) is 4.79 Å². The molecule has 0 spiro atoms. The smallest absolute Gasteiger partial charge is 0.235 e. The minimum absolute atomic E-state index is 0.473. The standard InChI is InChI=1S/C14H15NO3S/c1-17-11-7-13-12(18-9-19-13)6-10(11)14(15-8-16)4-2-3-5-14/h6-7H,2-5,9H2,1H3. The average Bonchev–Trinajstić information content (AvgIpc) is 3.06. The van der Waals surface area contributed by atoms with E-state index in [1.54, 1.807) is 25.0 Å². The molecule has 0 unspecified atom stereocenters. The van der Waals surface area contributed by atoms with Gasteiger partial charge in [0.05, 0.1) is 12.0 Å². The van der Waals surface area contributed by atoms with Gasteiger partial charge in [0.1, 0.15) is 23.0 Å². The van der Waals surface area contributed by atoms with Gasteiger partial charge in [-0.05, 0) is 25.0 Å². The fraction of sp³-hybridized carbons (Fsp3) is 0.500. The summed E-state index contributed by atoms with van der Waals surface area (Å²) in [6.45, 7) is 0. The minimum atomic E-state index is -0.473. The van der Waals surface area contributed by atoms with E-state index in [0.717, 1.165) is 47.6 Å². The third-order valence-electron chi connectivity index (χ3n) is 3.89. The number of thioether (sulfide) groups is 1. The number of ether oxygens (including phenoxy) is 2. The van der Waals surface area contributed by atoms with E-state index < -0.39 is 5.54 Å². The van der Waals surface area contributed by atoms with Gasteiger partial charge in [0.25, 0.3) is 0 Å². The van der Waals surface area contributed by atoms with Crippen LogP contribution in [0.1, 0.15) is 31.2 Å². The van der Waals surface area contributed by atoms with Crippen LogP contribution in [0.25, 0.3) is 0 Å². The molecular formula is C14H15NO3S. The van der Waals surface area contributed by atoms with Crippen molar-refractivity contribution in [2.75, 3.05) is 13.0 Å². The summed E-state index contributed by atoms with van der Waals surface area (Å²) in [5.74, 6) is 2.29. The number of hydrogen-bond donors (Lipinski definition) is 0. The molecule has 5 heteroatoms. The first-order valence-corrected chi connectivity index (χ1v) is 7.35. The van der Waals surface area contributed by atoms with Gasteiger partial charge >= 0.3 is 0 Å². The Kier molecular flexibility index (Phi) is 3.25. The van der Waals surface area contributed by atoms with Crippen LogP contribution in [0.15, 0.2) is 22.0 Å². The zero-order valence-electron chi connectivity index (χ0n) is 10.8. The van der Waals surface area contributed by atoms with Crippen molar-refractivity contribution < 1.29 is 14.3 Å². The molecular weight excluding hydrogens is 262 g/mol. The van der Waals surface area contributed by atoms with Gasteiger partial charge in [-0.25, -0.2) is 4.79 Å². The van der Waals surface area contributed by atoms with Crippen LogP contribution < -0.4 is 9.47 Å². The number of rotatable bonds is 3. The predicted molar refractivity (Wildman–Crippen MR) is 72.6 cm³/mol. The number of hydrogen-bond acceptors (Lipinski definition) is 5. The van der Waals surface area contributed by atoms with Crippen molar-refractivity contribution in [3.05, 3.63) is 17.7 Å². The second-order valence-electron chi connectivity index (χ2n) is 4.85. The van der Waals surface area contributed by atoms with Crippen LogP contribution in [0, 0.1) is 0 Å². The van der Waals surface area contributed by atoms with Gasteiger partial charge in [0.2, 0.25) is 6.08 Å². The van der Waals surface area contributed by atoms with Crippen LogP contribution >= 0.6 is 11.8 Å². The normalized spacial score (nSPS) is 19.4.